The molecule has 1 aromatic carbocycles. The van der Waals surface area contributed by atoms with E-state index in [-0.39, 0.29) is 0 Å². The van der Waals surface area contributed by atoms with Crippen LogP contribution < -0.4 is 10.5 Å². The fourth-order valence-electron chi connectivity index (χ4n) is 1.35. The van der Waals surface area contributed by atoms with Crippen molar-refractivity contribution in [2.24, 2.45) is 0 Å². The zero-order valence-electron chi connectivity index (χ0n) is 7.63. The summed E-state index contributed by atoms with van der Waals surface area (Å²) in [6.45, 7) is 2.04. The Morgan fingerprint density at radius 3 is 2.85 bits per heavy atom. The lowest BCUT2D eigenvalue weighted by Crippen LogP contribution is -1.81. The normalized spacial score (nSPS) is 10.6. The van der Waals surface area contributed by atoms with Crippen LogP contribution in [-0.2, 0) is 0 Å². The molecule has 3 heteroatoms. The molecule has 0 amide bonds. The van der Waals surface area contributed by atoms with E-state index in [4.69, 9.17) is 10.5 Å². The summed E-state index contributed by atoms with van der Waals surface area (Å²) < 4.78 is 6.33. The van der Waals surface area contributed by atoms with Gasteiger partial charge in [0.05, 0.1) is 12.1 Å². The Morgan fingerprint density at radius 2 is 2.15 bits per heavy atom. The van der Waals surface area contributed by atoms with Gasteiger partial charge in [-0.05, 0) is 36.1 Å². The minimum atomic E-state index is 0.883. The zero-order valence-corrected chi connectivity index (χ0v) is 8.44. The number of hydrogen-bond acceptors (Lipinski definition) is 3. The molecule has 1 aromatic heterocycles. The van der Waals surface area contributed by atoms with Gasteiger partial charge in [0, 0.05) is 4.70 Å². The van der Waals surface area contributed by atoms with E-state index in [1.807, 2.05) is 19.1 Å². The third kappa shape index (κ3) is 1.25. The highest BCUT2D eigenvalue weighted by atomic mass is 32.1. The van der Waals surface area contributed by atoms with E-state index in [0.29, 0.717) is 0 Å². The number of thiophene rings is 1. The van der Waals surface area contributed by atoms with E-state index in [2.05, 4.69) is 6.07 Å². The number of anilines is 1. The predicted octanol–water partition coefficient (Wildman–Crippen LogP) is 2.80. The van der Waals surface area contributed by atoms with E-state index < -0.39 is 0 Å². The average molecular weight is 193 g/mol. The summed E-state index contributed by atoms with van der Waals surface area (Å²) in [7, 11) is 1.67. The van der Waals surface area contributed by atoms with Crippen LogP contribution in [0.25, 0.3) is 10.1 Å². The molecule has 0 aliphatic heterocycles. The molecule has 0 fully saturated rings. The summed E-state index contributed by atoms with van der Waals surface area (Å²) in [5.41, 5.74) is 6.99. The van der Waals surface area contributed by atoms with Crippen molar-refractivity contribution in [2.75, 3.05) is 12.8 Å². The van der Waals surface area contributed by atoms with Crippen LogP contribution in [0.4, 0.5) is 5.00 Å². The van der Waals surface area contributed by atoms with Crippen LogP contribution in [0.1, 0.15) is 5.56 Å². The van der Waals surface area contributed by atoms with Crippen molar-refractivity contribution in [2.45, 2.75) is 6.92 Å². The minimum absolute atomic E-state index is 0.883. The molecule has 0 bridgehead atoms. The van der Waals surface area contributed by atoms with Gasteiger partial charge in [-0.15, -0.1) is 11.3 Å². The Morgan fingerprint density at radius 1 is 1.38 bits per heavy atom. The van der Waals surface area contributed by atoms with Crippen molar-refractivity contribution >= 4 is 26.4 Å². The second-order valence-electron chi connectivity index (χ2n) is 2.95. The minimum Gasteiger partial charge on any atom is -0.497 e. The van der Waals surface area contributed by atoms with Crippen LogP contribution in [0.3, 0.4) is 0 Å². The van der Waals surface area contributed by atoms with E-state index in [1.54, 1.807) is 18.4 Å². The molecule has 0 spiro atoms. The number of nitrogen functional groups attached to an aromatic ring is 1. The third-order valence-electron chi connectivity index (χ3n) is 2.18. The highest BCUT2D eigenvalue weighted by Gasteiger charge is 2.05. The van der Waals surface area contributed by atoms with E-state index >= 15 is 0 Å². The first-order chi connectivity index (χ1) is 6.22. The average Bonchev–Trinajstić information content (AvgIpc) is 2.42. The molecule has 0 aliphatic rings. The van der Waals surface area contributed by atoms with Gasteiger partial charge in [-0.1, -0.05) is 0 Å². The second-order valence-corrected chi connectivity index (χ2v) is 4.04. The highest BCUT2D eigenvalue weighted by molar-refractivity contribution is 7.22. The standard InChI is InChI=1S/C10H11NOS/c1-6-8-4-3-7(12-2)5-9(8)13-10(6)11/h3-5H,11H2,1-2H3. The number of nitrogens with two attached hydrogens (primary N) is 1. The topological polar surface area (TPSA) is 35.2 Å². The highest BCUT2D eigenvalue weighted by Crippen LogP contribution is 2.34. The summed E-state index contributed by atoms with van der Waals surface area (Å²) in [6, 6.07) is 6.03. The molecule has 0 unspecified atom stereocenters. The summed E-state index contributed by atoms with van der Waals surface area (Å²) in [4.78, 5) is 0. The van der Waals surface area contributed by atoms with Gasteiger partial charge in [0.1, 0.15) is 5.75 Å². The molecule has 13 heavy (non-hydrogen) atoms. The number of hydrogen-bond donors (Lipinski definition) is 1. The van der Waals surface area contributed by atoms with Gasteiger partial charge in [-0.25, -0.2) is 0 Å². The van der Waals surface area contributed by atoms with E-state index in [9.17, 15) is 0 Å². The Hall–Kier alpha value is -1.22. The number of fused-ring (bicyclic) bond motifs is 1. The van der Waals surface area contributed by atoms with Crippen LogP contribution in [0.15, 0.2) is 18.2 Å². The van der Waals surface area contributed by atoms with Gasteiger partial charge in [0.15, 0.2) is 0 Å². The van der Waals surface area contributed by atoms with Crippen LogP contribution in [0, 0.1) is 6.92 Å². The Labute approximate surface area is 80.9 Å². The lowest BCUT2D eigenvalue weighted by molar-refractivity contribution is 0.415. The van der Waals surface area contributed by atoms with Gasteiger partial charge in [0.2, 0.25) is 0 Å². The lowest BCUT2D eigenvalue weighted by Gasteiger charge is -1.98. The van der Waals surface area contributed by atoms with Crippen LogP contribution in [-0.4, -0.2) is 7.11 Å². The van der Waals surface area contributed by atoms with Crippen molar-refractivity contribution in [3.05, 3.63) is 23.8 Å². The molecule has 2 aromatic rings. The molecule has 0 saturated heterocycles. The Kier molecular flexibility index (Phi) is 1.88. The fourth-order valence-corrected chi connectivity index (χ4v) is 2.36. The molecule has 0 saturated carbocycles. The van der Waals surface area contributed by atoms with Crippen molar-refractivity contribution in [1.29, 1.82) is 0 Å². The maximum absolute atomic E-state index is 5.82. The number of ether oxygens (including phenoxy) is 1. The van der Waals surface area contributed by atoms with Gasteiger partial charge in [0.25, 0.3) is 0 Å². The summed E-state index contributed by atoms with van der Waals surface area (Å²) >= 11 is 1.61. The Balaban J connectivity index is 2.73. The molecule has 0 atom stereocenters. The lowest BCUT2D eigenvalue weighted by atomic mass is 10.2. The molecule has 2 N–H and O–H groups in total. The van der Waals surface area contributed by atoms with Gasteiger partial charge >= 0.3 is 0 Å². The largest absolute Gasteiger partial charge is 0.497 e. The summed E-state index contributed by atoms with van der Waals surface area (Å²) in [5, 5.41) is 2.12. The number of methoxy groups -OCH3 is 1. The van der Waals surface area contributed by atoms with Crippen molar-refractivity contribution in [3.8, 4) is 5.75 Å². The zero-order chi connectivity index (χ0) is 9.42. The molecule has 0 aliphatic carbocycles. The molecule has 2 rings (SSSR count). The van der Waals surface area contributed by atoms with Crippen molar-refractivity contribution in [3.63, 3.8) is 0 Å². The summed E-state index contributed by atoms with van der Waals surface area (Å²) in [5.74, 6) is 0.883. The molecule has 0 radical (unpaired) electrons. The Bertz CT molecular complexity index is 447. The van der Waals surface area contributed by atoms with Gasteiger partial charge < -0.3 is 10.5 Å². The first kappa shape index (κ1) is 8.38. The maximum Gasteiger partial charge on any atom is 0.120 e. The molecule has 68 valence electrons. The van der Waals surface area contributed by atoms with Crippen LogP contribution in [0.5, 0.6) is 5.75 Å². The first-order valence-electron chi connectivity index (χ1n) is 4.05. The van der Waals surface area contributed by atoms with E-state index in [0.717, 1.165) is 10.8 Å². The number of rotatable bonds is 1. The quantitative estimate of drug-likeness (QED) is 0.755. The number of aryl methyl sites for hydroxylation is 1. The molecular formula is C10H11NOS. The monoisotopic (exact) mass is 193 g/mol. The van der Waals surface area contributed by atoms with E-state index in [1.165, 1.54) is 15.6 Å². The molecular weight excluding hydrogens is 182 g/mol. The first-order valence-corrected chi connectivity index (χ1v) is 4.86. The third-order valence-corrected chi connectivity index (χ3v) is 3.27. The van der Waals surface area contributed by atoms with Gasteiger partial charge in [-0.2, -0.15) is 0 Å². The SMILES string of the molecule is COc1ccc2c(C)c(N)sc2c1. The smallest absolute Gasteiger partial charge is 0.120 e. The van der Waals surface area contributed by atoms with Gasteiger partial charge in [-0.3, -0.25) is 0 Å². The maximum atomic E-state index is 5.82. The fraction of sp³-hybridized carbons (Fsp3) is 0.200. The van der Waals surface area contributed by atoms with Crippen molar-refractivity contribution < 1.29 is 4.74 Å². The molecule has 2 nitrogen and oxygen atoms in total. The van der Waals surface area contributed by atoms with Crippen LogP contribution >= 0.6 is 11.3 Å². The second kappa shape index (κ2) is 2.92. The summed E-state index contributed by atoms with van der Waals surface area (Å²) in [6.07, 6.45) is 0. The molecule has 1 heterocycles. The number of benzene rings is 1. The van der Waals surface area contributed by atoms with Crippen molar-refractivity contribution in [1.82, 2.24) is 0 Å². The predicted molar refractivity (Wildman–Crippen MR) is 57.5 cm³/mol. The van der Waals surface area contributed by atoms with Crippen LogP contribution in [0.2, 0.25) is 0 Å².